The van der Waals surface area contributed by atoms with Gasteiger partial charge in [0, 0.05) is 36.9 Å². The van der Waals surface area contributed by atoms with Gasteiger partial charge in [0.1, 0.15) is 5.60 Å². The van der Waals surface area contributed by atoms with Crippen LogP contribution in [0.3, 0.4) is 0 Å². The van der Waals surface area contributed by atoms with Crippen molar-refractivity contribution in [3.8, 4) is 5.95 Å². The van der Waals surface area contributed by atoms with Crippen LogP contribution in [0.15, 0.2) is 36.7 Å². The molecule has 1 unspecified atom stereocenters. The van der Waals surface area contributed by atoms with Crippen molar-refractivity contribution in [2.45, 2.75) is 45.3 Å². The quantitative estimate of drug-likeness (QED) is 0.630. The lowest BCUT2D eigenvalue weighted by atomic mass is 10.0. The maximum Gasteiger partial charge on any atom is 0.254 e. The second-order valence-corrected chi connectivity index (χ2v) is 9.72. The van der Waals surface area contributed by atoms with Gasteiger partial charge in [-0.1, -0.05) is 18.2 Å². The van der Waals surface area contributed by atoms with Crippen LogP contribution < -0.4 is 5.32 Å². The Morgan fingerprint density at radius 3 is 2.36 bits per heavy atom. The lowest BCUT2D eigenvalue weighted by Crippen LogP contribution is -2.45. The second-order valence-electron chi connectivity index (χ2n) is 9.72. The number of hydrogen-bond donors (Lipinski definition) is 2. The van der Waals surface area contributed by atoms with Gasteiger partial charge in [0.15, 0.2) is 0 Å². The molecule has 2 amide bonds. The van der Waals surface area contributed by atoms with Gasteiger partial charge >= 0.3 is 0 Å². The van der Waals surface area contributed by atoms with E-state index in [0.717, 1.165) is 29.4 Å². The minimum Gasteiger partial charge on any atom is -0.381 e. The highest BCUT2D eigenvalue weighted by Gasteiger charge is 2.44. The van der Waals surface area contributed by atoms with E-state index in [-0.39, 0.29) is 17.9 Å². The summed E-state index contributed by atoms with van der Waals surface area (Å²) in [6, 6.07) is 7.94. The molecule has 5 rings (SSSR count). The number of rotatable bonds is 4. The number of nitrogens with one attached hydrogen (secondary N) is 1. The number of carbonyl (C=O) groups is 2. The van der Waals surface area contributed by atoms with Crippen molar-refractivity contribution in [2.24, 2.45) is 11.8 Å². The predicted octanol–water partition coefficient (Wildman–Crippen LogP) is 1.86. The molecule has 3 aromatic rings. The van der Waals surface area contributed by atoms with E-state index in [1.165, 1.54) is 26.2 Å². The molecule has 3 atom stereocenters. The number of amides is 2. The van der Waals surface area contributed by atoms with Gasteiger partial charge in [0.05, 0.1) is 16.8 Å². The predicted molar refractivity (Wildman–Crippen MR) is 122 cm³/mol. The summed E-state index contributed by atoms with van der Waals surface area (Å²) in [4.78, 5) is 35.6. The standard InChI is InChI=1S/C24H28N6O3/c1-14-19-6-4-5-7-20(19)30(28-14)23-25-10-17(11-26-23)21(31)27-18-8-15-12-29(13-16(15)9-18)22(32)24(2,3)33/h4-7,10-11,15-16,18,33H,8-9,12-13H2,1-3H3,(H,27,31)/t15-,16+,18?. The van der Waals surface area contributed by atoms with E-state index in [4.69, 9.17) is 0 Å². The first-order chi connectivity index (χ1) is 15.7. The summed E-state index contributed by atoms with van der Waals surface area (Å²) in [6.45, 7) is 6.26. The molecule has 172 valence electrons. The fourth-order valence-corrected chi connectivity index (χ4v) is 5.16. The van der Waals surface area contributed by atoms with Crippen molar-refractivity contribution in [1.82, 2.24) is 30.0 Å². The van der Waals surface area contributed by atoms with Crippen LogP contribution in [0.2, 0.25) is 0 Å². The summed E-state index contributed by atoms with van der Waals surface area (Å²) in [5, 5.41) is 18.7. The summed E-state index contributed by atoms with van der Waals surface area (Å²) in [5.41, 5.74) is 0.870. The third-order valence-electron chi connectivity index (χ3n) is 6.76. The summed E-state index contributed by atoms with van der Waals surface area (Å²) in [6.07, 6.45) is 4.71. The van der Waals surface area contributed by atoms with Crippen LogP contribution >= 0.6 is 0 Å². The zero-order valence-corrected chi connectivity index (χ0v) is 19.0. The Bertz CT molecular complexity index is 1200. The van der Waals surface area contributed by atoms with Gasteiger partial charge in [0.25, 0.3) is 17.8 Å². The number of carbonyl (C=O) groups excluding carboxylic acids is 2. The van der Waals surface area contributed by atoms with Crippen molar-refractivity contribution >= 4 is 22.7 Å². The minimum atomic E-state index is -1.35. The average molecular weight is 449 g/mol. The Morgan fingerprint density at radius 1 is 1.09 bits per heavy atom. The van der Waals surface area contributed by atoms with Gasteiger partial charge in [-0.2, -0.15) is 9.78 Å². The van der Waals surface area contributed by atoms with Gasteiger partial charge in [0.2, 0.25) is 0 Å². The molecule has 1 aliphatic heterocycles. The van der Waals surface area contributed by atoms with Crippen LogP contribution in [-0.4, -0.2) is 66.3 Å². The Hall–Kier alpha value is -3.33. The lowest BCUT2D eigenvalue weighted by molar-refractivity contribution is -0.147. The molecule has 0 spiro atoms. The van der Waals surface area contributed by atoms with E-state index in [1.54, 1.807) is 9.58 Å². The van der Waals surface area contributed by atoms with Crippen molar-refractivity contribution in [1.29, 1.82) is 0 Å². The van der Waals surface area contributed by atoms with E-state index in [2.05, 4.69) is 20.4 Å². The molecule has 2 aromatic heterocycles. The Kier molecular flexibility index (Phi) is 5.16. The third kappa shape index (κ3) is 3.97. The first-order valence-corrected chi connectivity index (χ1v) is 11.3. The topological polar surface area (TPSA) is 113 Å². The molecule has 1 aromatic carbocycles. The average Bonchev–Trinajstić information content (AvgIpc) is 3.44. The first-order valence-electron chi connectivity index (χ1n) is 11.3. The Morgan fingerprint density at radius 2 is 1.73 bits per heavy atom. The lowest BCUT2D eigenvalue weighted by Gasteiger charge is -2.26. The van der Waals surface area contributed by atoms with E-state index in [0.29, 0.717) is 36.4 Å². The van der Waals surface area contributed by atoms with Gasteiger partial charge in [-0.05, 0) is 51.5 Å². The number of aryl methyl sites for hydroxylation is 1. The summed E-state index contributed by atoms with van der Waals surface area (Å²) in [7, 11) is 0. The molecule has 2 fully saturated rings. The van der Waals surface area contributed by atoms with Crippen LogP contribution in [0.5, 0.6) is 0 Å². The molecule has 3 heterocycles. The molecule has 9 heteroatoms. The molecule has 1 aliphatic carbocycles. The van der Waals surface area contributed by atoms with Gasteiger partial charge in [-0.25, -0.2) is 9.97 Å². The summed E-state index contributed by atoms with van der Waals surface area (Å²) >= 11 is 0. The summed E-state index contributed by atoms with van der Waals surface area (Å²) < 4.78 is 1.69. The zero-order chi connectivity index (χ0) is 23.3. The van der Waals surface area contributed by atoms with Crippen LogP contribution in [0.25, 0.3) is 16.9 Å². The Labute approximate surface area is 191 Å². The molecule has 1 saturated carbocycles. The summed E-state index contributed by atoms with van der Waals surface area (Å²) in [5.74, 6) is 0.684. The van der Waals surface area contributed by atoms with Gasteiger partial charge < -0.3 is 15.3 Å². The SMILES string of the molecule is Cc1nn(-c2ncc(C(=O)NC3C[C@@H]4CN(C(=O)C(C)(C)O)C[C@@H]4C3)cn2)c2ccccc12. The molecule has 2 N–H and O–H groups in total. The number of nitrogens with zero attached hydrogens (tertiary/aromatic N) is 5. The van der Waals surface area contributed by atoms with Crippen molar-refractivity contribution in [3.05, 3.63) is 47.9 Å². The fraction of sp³-hybridized carbons (Fsp3) is 0.458. The van der Waals surface area contributed by atoms with E-state index in [9.17, 15) is 14.7 Å². The highest BCUT2D eigenvalue weighted by atomic mass is 16.3. The molecule has 0 bridgehead atoms. The van der Waals surface area contributed by atoms with Gasteiger partial charge in [-0.3, -0.25) is 9.59 Å². The maximum absolute atomic E-state index is 12.8. The molecule has 9 nitrogen and oxygen atoms in total. The molecule has 2 aliphatic rings. The van der Waals surface area contributed by atoms with Crippen molar-refractivity contribution in [3.63, 3.8) is 0 Å². The number of fused-ring (bicyclic) bond motifs is 2. The number of hydrogen-bond acceptors (Lipinski definition) is 6. The number of benzene rings is 1. The fourth-order valence-electron chi connectivity index (χ4n) is 5.16. The highest BCUT2D eigenvalue weighted by Crippen LogP contribution is 2.38. The minimum absolute atomic E-state index is 0.0595. The maximum atomic E-state index is 12.8. The normalized spacial score (nSPS) is 22.5. The number of aromatic nitrogens is 4. The van der Waals surface area contributed by atoms with Crippen LogP contribution in [0.4, 0.5) is 0 Å². The van der Waals surface area contributed by atoms with Gasteiger partial charge in [-0.15, -0.1) is 0 Å². The van der Waals surface area contributed by atoms with Crippen LogP contribution in [0.1, 0.15) is 42.7 Å². The van der Waals surface area contributed by atoms with Crippen molar-refractivity contribution in [2.75, 3.05) is 13.1 Å². The van der Waals surface area contributed by atoms with Crippen LogP contribution in [0, 0.1) is 18.8 Å². The Balaban J connectivity index is 1.22. The highest BCUT2D eigenvalue weighted by molar-refractivity contribution is 5.94. The number of aliphatic hydroxyl groups is 1. The molecular weight excluding hydrogens is 420 g/mol. The van der Waals surface area contributed by atoms with E-state index >= 15 is 0 Å². The van der Waals surface area contributed by atoms with E-state index in [1.807, 2.05) is 31.2 Å². The monoisotopic (exact) mass is 448 g/mol. The molecule has 33 heavy (non-hydrogen) atoms. The van der Waals surface area contributed by atoms with Crippen LogP contribution in [-0.2, 0) is 4.79 Å². The van der Waals surface area contributed by atoms with Crippen molar-refractivity contribution < 1.29 is 14.7 Å². The first kappa shape index (κ1) is 21.5. The second kappa shape index (κ2) is 7.91. The molecule has 1 saturated heterocycles. The zero-order valence-electron chi connectivity index (χ0n) is 19.0. The third-order valence-corrected chi connectivity index (χ3v) is 6.76. The number of para-hydroxylation sites is 1. The molecular formula is C24H28N6O3. The largest absolute Gasteiger partial charge is 0.381 e. The van der Waals surface area contributed by atoms with E-state index < -0.39 is 5.60 Å². The molecule has 0 radical (unpaired) electrons. The number of likely N-dealkylation sites (tertiary alicyclic amines) is 1. The smallest absolute Gasteiger partial charge is 0.254 e.